The van der Waals surface area contributed by atoms with E-state index in [0.717, 1.165) is 33.3 Å². The summed E-state index contributed by atoms with van der Waals surface area (Å²) in [5, 5.41) is 9.71. The summed E-state index contributed by atoms with van der Waals surface area (Å²) in [6, 6.07) is 42.9. The average molecular weight is 602 g/mol. The fraction of sp³-hybridized carbons (Fsp3) is 0. The summed E-state index contributed by atoms with van der Waals surface area (Å²) in [4.78, 5) is 9.05. The molecule has 0 aliphatic rings. The van der Waals surface area contributed by atoms with Crippen LogP contribution in [0.15, 0.2) is 126 Å². The Labute approximate surface area is 259 Å². The highest BCUT2D eigenvalue weighted by atomic mass is 35.5. The quantitative estimate of drug-likeness (QED) is 0.185. The van der Waals surface area contributed by atoms with Crippen molar-refractivity contribution in [2.75, 3.05) is 0 Å². The van der Waals surface area contributed by atoms with Crippen molar-refractivity contribution < 1.29 is 4.42 Å². The Bertz CT molecular complexity index is 2790. The molecule has 0 radical (unpaired) electrons. The standard InChI is InChI=1S/C38H20ClN3OS/c39-38-40-34(33-26-12-4-7-15-29(26)43-37(33)41-38)21-17-19-22(20-18-21)42-28-14-6-3-11-25(28)31-32-27-13-5-8-16-30(27)44-36(32)24-10-2-1-9-23(24)35(31)42/h1-20H. The van der Waals surface area contributed by atoms with Gasteiger partial charge in [0.15, 0.2) is 0 Å². The number of para-hydroxylation sites is 2. The molecule has 0 saturated heterocycles. The van der Waals surface area contributed by atoms with Crippen LogP contribution in [0.5, 0.6) is 0 Å². The van der Waals surface area contributed by atoms with Crippen molar-refractivity contribution in [1.29, 1.82) is 0 Å². The zero-order chi connectivity index (χ0) is 28.9. The molecule has 0 saturated carbocycles. The van der Waals surface area contributed by atoms with Crippen LogP contribution in [0.4, 0.5) is 0 Å². The van der Waals surface area contributed by atoms with E-state index >= 15 is 0 Å². The highest BCUT2D eigenvalue weighted by Crippen LogP contribution is 2.48. The molecule has 6 heteroatoms. The van der Waals surface area contributed by atoms with Crippen LogP contribution >= 0.6 is 22.9 Å². The van der Waals surface area contributed by atoms with Crippen LogP contribution in [0, 0.1) is 0 Å². The molecule has 0 atom stereocenters. The maximum atomic E-state index is 6.39. The van der Waals surface area contributed by atoms with Crippen LogP contribution < -0.4 is 0 Å². The maximum Gasteiger partial charge on any atom is 0.232 e. The largest absolute Gasteiger partial charge is 0.438 e. The van der Waals surface area contributed by atoms with Crippen LogP contribution in [-0.4, -0.2) is 14.5 Å². The number of nitrogens with zero attached hydrogens (tertiary/aromatic N) is 3. The molecule has 0 N–H and O–H groups in total. The van der Waals surface area contributed by atoms with E-state index in [0.29, 0.717) is 5.71 Å². The van der Waals surface area contributed by atoms with Crippen molar-refractivity contribution in [3.63, 3.8) is 0 Å². The first-order valence-corrected chi connectivity index (χ1v) is 15.6. The molecular weight excluding hydrogens is 582 g/mol. The van der Waals surface area contributed by atoms with Crippen molar-refractivity contribution >= 4 is 97.8 Å². The highest BCUT2D eigenvalue weighted by molar-refractivity contribution is 7.27. The van der Waals surface area contributed by atoms with Gasteiger partial charge >= 0.3 is 0 Å². The van der Waals surface area contributed by atoms with Gasteiger partial charge in [-0.15, -0.1) is 11.3 Å². The van der Waals surface area contributed by atoms with Gasteiger partial charge in [0, 0.05) is 58.4 Å². The third-order valence-corrected chi connectivity index (χ3v) is 10.1. The number of aromatic nitrogens is 3. The molecule has 0 aliphatic carbocycles. The van der Waals surface area contributed by atoms with Gasteiger partial charge in [0.2, 0.25) is 11.0 Å². The molecule has 10 aromatic rings. The Morgan fingerprint density at radius 3 is 2.11 bits per heavy atom. The van der Waals surface area contributed by atoms with Crippen molar-refractivity contribution in [3.8, 4) is 16.9 Å². The molecule has 4 heterocycles. The molecule has 44 heavy (non-hydrogen) atoms. The summed E-state index contributed by atoms with van der Waals surface area (Å²) in [5.41, 5.74) is 6.45. The molecule has 6 aromatic carbocycles. The Morgan fingerprint density at radius 1 is 0.591 bits per heavy atom. The smallest absolute Gasteiger partial charge is 0.232 e. The van der Waals surface area contributed by atoms with E-state index in [1.54, 1.807) is 0 Å². The lowest BCUT2D eigenvalue weighted by Gasteiger charge is -2.12. The van der Waals surface area contributed by atoms with E-state index in [4.69, 9.17) is 16.0 Å². The molecular formula is C38H20ClN3OS. The predicted molar refractivity (Wildman–Crippen MR) is 184 cm³/mol. The summed E-state index contributed by atoms with van der Waals surface area (Å²) in [6.45, 7) is 0. The van der Waals surface area contributed by atoms with E-state index < -0.39 is 0 Å². The van der Waals surface area contributed by atoms with Gasteiger partial charge < -0.3 is 8.98 Å². The van der Waals surface area contributed by atoms with Crippen LogP contribution in [0.1, 0.15) is 0 Å². The van der Waals surface area contributed by atoms with Crippen molar-refractivity contribution in [2.45, 2.75) is 0 Å². The van der Waals surface area contributed by atoms with Gasteiger partial charge in [0.1, 0.15) is 5.58 Å². The molecule has 0 fully saturated rings. The Balaban J connectivity index is 1.29. The number of halogens is 1. The van der Waals surface area contributed by atoms with Gasteiger partial charge in [-0.25, -0.2) is 4.98 Å². The molecule has 0 aliphatic heterocycles. The molecule has 0 unspecified atom stereocenters. The second-order valence-electron chi connectivity index (χ2n) is 11.1. The molecule has 206 valence electrons. The highest BCUT2D eigenvalue weighted by Gasteiger charge is 2.22. The number of benzene rings is 6. The molecule has 4 nitrogen and oxygen atoms in total. The van der Waals surface area contributed by atoms with Gasteiger partial charge in [-0.3, -0.25) is 0 Å². The van der Waals surface area contributed by atoms with E-state index in [-0.39, 0.29) is 5.28 Å². The fourth-order valence-electron chi connectivity index (χ4n) is 6.96. The first kappa shape index (κ1) is 24.2. The lowest BCUT2D eigenvalue weighted by atomic mass is 10.00. The predicted octanol–water partition coefficient (Wildman–Crippen LogP) is 11.3. The fourth-order valence-corrected chi connectivity index (χ4v) is 8.37. The minimum Gasteiger partial charge on any atom is -0.438 e. The molecule has 10 rings (SSSR count). The maximum absolute atomic E-state index is 6.39. The van der Waals surface area contributed by atoms with Gasteiger partial charge in [-0.2, -0.15) is 4.98 Å². The first-order chi connectivity index (χ1) is 21.7. The number of thiophene rings is 1. The summed E-state index contributed by atoms with van der Waals surface area (Å²) in [7, 11) is 0. The van der Waals surface area contributed by atoms with Gasteiger partial charge in [0.25, 0.3) is 0 Å². The van der Waals surface area contributed by atoms with Gasteiger partial charge in [-0.1, -0.05) is 91.0 Å². The van der Waals surface area contributed by atoms with Crippen molar-refractivity contribution in [2.24, 2.45) is 0 Å². The number of hydrogen-bond acceptors (Lipinski definition) is 4. The summed E-state index contributed by atoms with van der Waals surface area (Å²) < 4.78 is 11.1. The number of hydrogen-bond donors (Lipinski definition) is 0. The van der Waals surface area contributed by atoms with E-state index in [1.807, 2.05) is 35.6 Å². The third-order valence-electron chi connectivity index (χ3n) is 8.76. The Morgan fingerprint density at radius 2 is 1.27 bits per heavy atom. The van der Waals surface area contributed by atoms with Crippen LogP contribution in [0.25, 0.3) is 91.8 Å². The molecule has 4 aromatic heterocycles. The first-order valence-electron chi connectivity index (χ1n) is 14.5. The van der Waals surface area contributed by atoms with E-state index in [9.17, 15) is 0 Å². The average Bonchev–Trinajstić information content (AvgIpc) is 3.74. The molecule has 0 amide bonds. The second kappa shape index (κ2) is 8.89. The van der Waals surface area contributed by atoms with Crippen molar-refractivity contribution in [3.05, 3.63) is 127 Å². The Hall–Kier alpha value is -5.23. The van der Waals surface area contributed by atoms with Crippen LogP contribution in [-0.2, 0) is 0 Å². The van der Waals surface area contributed by atoms with E-state index in [1.165, 1.54) is 52.8 Å². The van der Waals surface area contributed by atoms with E-state index in [2.05, 4.69) is 112 Å². The summed E-state index contributed by atoms with van der Waals surface area (Å²) in [6.07, 6.45) is 0. The topological polar surface area (TPSA) is 43.9 Å². The zero-order valence-corrected chi connectivity index (χ0v) is 24.7. The van der Waals surface area contributed by atoms with Crippen LogP contribution in [0.2, 0.25) is 5.28 Å². The minimum absolute atomic E-state index is 0.163. The lowest BCUT2D eigenvalue weighted by Crippen LogP contribution is -1.95. The second-order valence-corrected chi connectivity index (χ2v) is 12.5. The lowest BCUT2D eigenvalue weighted by molar-refractivity contribution is 0.653. The zero-order valence-electron chi connectivity index (χ0n) is 23.1. The molecule has 0 spiro atoms. The SMILES string of the molecule is Clc1nc(-c2ccc(-n3c4ccccc4c4c5c6ccccc6sc5c5ccccc5c43)cc2)c2c(n1)oc1ccccc12. The van der Waals surface area contributed by atoms with Gasteiger partial charge in [-0.05, 0) is 41.9 Å². The number of furan rings is 1. The van der Waals surface area contributed by atoms with Gasteiger partial charge in [0.05, 0.1) is 22.1 Å². The third kappa shape index (κ3) is 3.23. The number of rotatable bonds is 2. The minimum atomic E-state index is 0.163. The normalized spacial score (nSPS) is 12.2. The Kier molecular flexibility index (Phi) is 4.90. The van der Waals surface area contributed by atoms with Crippen LogP contribution in [0.3, 0.4) is 0 Å². The molecule has 0 bridgehead atoms. The summed E-state index contributed by atoms with van der Waals surface area (Å²) in [5.74, 6) is 0. The monoisotopic (exact) mass is 601 g/mol. The number of fused-ring (bicyclic) bond motifs is 13. The summed E-state index contributed by atoms with van der Waals surface area (Å²) >= 11 is 8.28. The van der Waals surface area contributed by atoms with Crippen molar-refractivity contribution in [1.82, 2.24) is 14.5 Å².